The molecule has 0 aliphatic rings. The minimum atomic E-state index is -2.20. The average molecular weight is 300 g/mol. The number of nitrogens with zero attached hydrogens (tertiary/aromatic N) is 1. The number of rotatable bonds is 1. The maximum absolute atomic E-state index is 10.6. The van der Waals surface area contributed by atoms with Gasteiger partial charge in [-0.25, -0.2) is 0 Å². The second kappa shape index (κ2) is 5.16. The van der Waals surface area contributed by atoms with Crippen LogP contribution in [0.25, 0.3) is 10.2 Å². The largest absolute Gasteiger partial charge is 1.00 e. The molecule has 0 fully saturated rings. The average Bonchev–Trinajstić information content (AvgIpc) is 2.47. The zero-order chi connectivity index (χ0) is 9.42. The van der Waals surface area contributed by atoms with Gasteiger partial charge in [-0.05, 0) is 33.1 Å². The number of pyridine rings is 1. The summed E-state index contributed by atoms with van der Waals surface area (Å²) >= 11 is 2.59. The molecule has 0 radical (unpaired) electrons. The summed E-state index contributed by atoms with van der Waals surface area (Å²) in [6.45, 7) is 0. The van der Waals surface area contributed by atoms with E-state index < -0.39 is 11.1 Å². The molecule has 2 heterocycles. The van der Waals surface area contributed by atoms with Crippen molar-refractivity contribution >= 4 is 48.6 Å². The zero-order valence-electron chi connectivity index (χ0n) is 7.19. The summed E-state index contributed by atoms with van der Waals surface area (Å²) in [5, 5.41) is 1.88. The Hall–Kier alpha value is 0.700. The molecule has 0 saturated heterocycles. The van der Waals surface area contributed by atoms with Crippen molar-refractivity contribution in [2.45, 2.75) is 4.90 Å². The third-order valence-electron chi connectivity index (χ3n) is 1.54. The molecule has 1 unspecified atom stereocenters. The minimum Gasteiger partial charge on any atom is -0.768 e. The molecule has 14 heavy (non-hydrogen) atoms. The van der Waals surface area contributed by atoms with Crippen molar-refractivity contribution in [1.29, 1.82) is 0 Å². The van der Waals surface area contributed by atoms with E-state index in [2.05, 4.69) is 20.9 Å². The van der Waals surface area contributed by atoms with Crippen molar-refractivity contribution in [2.24, 2.45) is 0 Å². The molecule has 7 heteroatoms. The Bertz CT molecular complexity index is 487. The predicted octanol–water partition coefficient (Wildman–Crippen LogP) is -0.699. The number of thiophene rings is 1. The molecule has 68 valence electrons. The first kappa shape index (κ1) is 12.8. The topological polar surface area (TPSA) is 53.0 Å². The van der Waals surface area contributed by atoms with Gasteiger partial charge in [-0.15, -0.1) is 11.3 Å². The van der Waals surface area contributed by atoms with Crippen molar-refractivity contribution in [3.8, 4) is 0 Å². The summed E-state index contributed by atoms with van der Waals surface area (Å²) in [7, 11) is 0. The van der Waals surface area contributed by atoms with Gasteiger partial charge in [0.15, 0.2) is 0 Å². The van der Waals surface area contributed by atoms with E-state index in [9.17, 15) is 8.76 Å². The van der Waals surface area contributed by atoms with E-state index in [0.717, 1.165) is 14.7 Å². The van der Waals surface area contributed by atoms with E-state index in [-0.39, 0.29) is 34.5 Å². The van der Waals surface area contributed by atoms with Gasteiger partial charge in [-0.3, -0.25) is 9.19 Å². The third-order valence-corrected chi connectivity index (χ3v) is 3.97. The second-order valence-electron chi connectivity index (χ2n) is 2.34. The van der Waals surface area contributed by atoms with Crippen LogP contribution in [-0.4, -0.2) is 13.7 Å². The SMILES string of the molecule is O=S([O-])c1cnc2c(Br)csc2c1.[Na+]. The number of aromatic nitrogens is 1. The van der Waals surface area contributed by atoms with Crippen LogP contribution in [0.5, 0.6) is 0 Å². The molecule has 1 atom stereocenters. The second-order valence-corrected chi connectivity index (χ2v) is 5.04. The number of hydrogen-bond acceptors (Lipinski definition) is 4. The Kier molecular flexibility index (Phi) is 4.70. The molecule has 0 amide bonds. The van der Waals surface area contributed by atoms with Gasteiger partial charge in [0, 0.05) is 16.5 Å². The summed E-state index contributed by atoms with van der Waals surface area (Å²) in [4.78, 5) is 4.26. The monoisotopic (exact) mass is 299 g/mol. The summed E-state index contributed by atoms with van der Waals surface area (Å²) < 4.78 is 23.0. The molecular formula is C7H3BrNNaO2S2. The summed E-state index contributed by atoms with van der Waals surface area (Å²) in [6, 6.07) is 1.61. The van der Waals surface area contributed by atoms with Crippen LogP contribution in [0.1, 0.15) is 0 Å². The van der Waals surface area contributed by atoms with Crippen LogP contribution in [-0.2, 0) is 11.1 Å². The fourth-order valence-corrected chi connectivity index (χ4v) is 2.92. The standard InChI is InChI=1S/C7H4BrNO2S2.Na/c8-5-3-12-6-1-4(13(10)11)2-9-7(5)6;/h1-3H,(H,10,11);/q;+1/p-1. The molecule has 0 aromatic carbocycles. The van der Waals surface area contributed by atoms with Gasteiger partial charge in [0.1, 0.15) is 0 Å². The molecule has 0 aliphatic carbocycles. The number of halogens is 1. The van der Waals surface area contributed by atoms with E-state index in [4.69, 9.17) is 0 Å². The Morgan fingerprint density at radius 1 is 1.57 bits per heavy atom. The van der Waals surface area contributed by atoms with E-state index >= 15 is 0 Å². The van der Waals surface area contributed by atoms with Gasteiger partial charge in [-0.1, -0.05) is 0 Å². The van der Waals surface area contributed by atoms with Crippen molar-refractivity contribution < 1.29 is 38.3 Å². The van der Waals surface area contributed by atoms with Gasteiger partial charge < -0.3 is 4.55 Å². The van der Waals surface area contributed by atoms with Crippen LogP contribution in [0.4, 0.5) is 0 Å². The van der Waals surface area contributed by atoms with Crippen LogP contribution < -0.4 is 29.6 Å². The molecule has 2 rings (SSSR count). The van der Waals surface area contributed by atoms with E-state index in [1.54, 1.807) is 6.07 Å². The van der Waals surface area contributed by atoms with Gasteiger partial charge in [-0.2, -0.15) is 0 Å². The van der Waals surface area contributed by atoms with E-state index in [0.29, 0.717) is 0 Å². The fourth-order valence-electron chi connectivity index (χ4n) is 0.958. The molecule has 0 N–H and O–H groups in total. The third kappa shape index (κ3) is 2.44. The van der Waals surface area contributed by atoms with Gasteiger partial charge in [0.25, 0.3) is 0 Å². The van der Waals surface area contributed by atoms with Crippen LogP contribution in [0.15, 0.2) is 27.0 Å². The molecule has 2 aromatic rings. The molecule has 0 aliphatic heterocycles. The Morgan fingerprint density at radius 3 is 2.93 bits per heavy atom. The molecular weight excluding hydrogens is 297 g/mol. The summed E-state index contributed by atoms with van der Waals surface area (Å²) in [5.41, 5.74) is 0.805. The van der Waals surface area contributed by atoms with Crippen LogP contribution >= 0.6 is 27.3 Å². The molecule has 2 aromatic heterocycles. The molecule has 0 spiro atoms. The van der Waals surface area contributed by atoms with Crippen LogP contribution in [0.2, 0.25) is 0 Å². The van der Waals surface area contributed by atoms with Crippen molar-refractivity contribution in [3.63, 3.8) is 0 Å². The minimum absolute atomic E-state index is 0. The van der Waals surface area contributed by atoms with Gasteiger partial charge >= 0.3 is 29.6 Å². The molecule has 3 nitrogen and oxygen atoms in total. The van der Waals surface area contributed by atoms with E-state index in [1.807, 2.05) is 5.38 Å². The van der Waals surface area contributed by atoms with Gasteiger partial charge in [0.2, 0.25) is 0 Å². The molecule has 0 bridgehead atoms. The number of hydrogen-bond donors (Lipinski definition) is 0. The van der Waals surface area contributed by atoms with Crippen LogP contribution in [0.3, 0.4) is 0 Å². The Morgan fingerprint density at radius 2 is 2.29 bits per heavy atom. The predicted molar refractivity (Wildman–Crippen MR) is 54.5 cm³/mol. The van der Waals surface area contributed by atoms with Crippen molar-refractivity contribution in [1.82, 2.24) is 4.98 Å². The first-order chi connectivity index (χ1) is 6.18. The number of fused-ring (bicyclic) bond motifs is 1. The summed E-state index contributed by atoms with van der Waals surface area (Å²) in [6.07, 6.45) is 1.35. The first-order valence-electron chi connectivity index (χ1n) is 3.30. The summed E-state index contributed by atoms with van der Waals surface area (Å²) in [5.74, 6) is 0. The normalized spacial score (nSPS) is 12.4. The maximum Gasteiger partial charge on any atom is 1.00 e. The van der Waals surface area contributed by atoms with Crippen molar-refractivity contribution in [2.75, 3.05) is 0 Å². The van der Waals surface area contributed by atoms with Crippen molar-refractivity contribution in [3.05, 3.63) is 22.1 Å². The van der Waals surface area contributed by atoms with Crippen LogP contribution in [0, 0.1) is 0 Å². The maximum atomic E-state index is 10.6. The zero-order valence-corrected chi connectivity index (χ0v) is 12.4. The smallest absolute Gasteiger partial charge is 0.768 e. The first-order valence-corrected chi connectivity index (χ1v) is 6.05. The Balaban J connectivity index is 0.000000980. The quantitative estimate of drug-likeness (QED) is 0.517. The molecule has 0 saturated carbocycles. The fraction of sp³-hybridized carbons (Fsp3) is 0. The van der Waals surface area contributed by atoms with E-state index in [1.165, 1.54) is 17.5 Å². The Labute approximate surface area is 118 Å². The van der Waals surface area contributed by atoms with Gasteiger partial charge in [0.05, 0.1) is 14.7 Å².